The molecule has 2 aliphatic heterocycles. The summed E-state index contributed by atoms with van der Waals surface area (Å²) >= 11 is 0. The maximum Gasteiger partial charge on any atom is 0.214 e. The summed E-state index contributed by atoms with van der Waals surface area (Å²) in [6.45, 7) is 4.02. The summed E-state index contributed by atoms with van der Waals surface area (Å²) in [5.41, 5.74) is 0. The van der Waals surface area contributed by atoms with E-state index in [0.29, 0.717) is 11.7 Å². The normalized spacial score (nSPS) is 27.1. The van der Waals surface area contributed by atoms with Crippen LogP contribution in [-0.2, 0) is 10.0 Å². The third-order valence-electron chi connectivity index (χ3n) is 4.80. The van der Waals surface area contributed by atoms with Crippen LogP contribution in [0.3, 0.4) is 0 Å². The van der Waals surface area contributed by atoms with Crippen LogP contribution in [0, 0.1) is 5.92 Å². The Balaban J connectivity index is 1.84. The molecular weight excluding hydrogens is 274 g/mol. The molecule has 1 N–H and O–H groups in total. The molecule has 0 aliphatic carbocycles. The van der Waals surface area contributed by atoms with Crippen LogP contribution in [0.2, 0.25) is 0 Å². The van der Waals surface area contributed by atoms with Gasteiger partial charge in [0.1, 0.15) is 0 Å². The van der Waals surface area contributed by atoms with E-state index in [4.69, 9.17) is 0 Å². The highest BCUT2D eigenvalue weighted by Gasteiger charge is 2.29. The summed E-state index contributed by atoms with van der Waals surface area (Å²) in [7, 11) is 0.740. The molecule has 2 saturated heterocycles. The van der Waals surface area contributed by atoms with Crippen molar-refractivity contribution in [3.63, 3.8) is 0 Å². The smallest absolute Gasteiger partial charge is 0.214 e. The molecule has 2 rings (SSSR count). The molecule has 2 heterocycles. The average Bonchev–Trinajstić information content (AvgIpc) is 2.45. The number of likely N-dealkylation sites (tertiary alicyclic amines) is 1. The number of piperidine rings is 2. The minimum absolute atomic E-state index is 0.159. The van der Waals surface area contributed by atoms with Crippen molar-refractivity contribution in [1.82, 2.24) is 14.5 Å². The first-order valence-electron chi connectivity index (χ1n) is 7.84. The summed E-state index contributed by atoms with van der Waals surface area (Å²) in [4.78, 5) is 2.23. The van der Waals surface area contributed by atoms with Gasteiger partial charge in [-0.2, -0.15) is 0 Å². The van der Waals surface area contributed by atoms with Crippen LogP contribution >= 0.6 is 0 Å². The molecule has 0 aromatic rings. The molecule has 5 nitrogen and oxygen atoms in total. The van der Waals surface area contributed by atoms with Crippen molar-refractivity contribution in [3.05, 3.63) is 0 Å². The minimum atomic E-state index is -3.10. The predicted octanol–water partition coefficient (Wildman–Crippen LogP) is 0.732. The molecule has 0 aromatic carbocycles. The highest BCUT2D eigenvalue weighted by molar-refractivity contribution is 7.89. The highest BCUT2D eigenvalue weighted by atomic mass is 32.2. The van der Waals surface area contributed by atoms with Gasteiger partial charge in [-0.1, -0.05) is 0 Å². The van der Waals surface area contributed by atoms with E-state index in [9.17, 15) is 8.42 Å². The summed E-state index contributed by atoms with van der Waals surface area (Å²) < 4.78 is 26.6. The van der Waals surface area contributed by atoms with Crippen molar-refractivity contribution in [2.24, 2.45) is 5.92 Å². The number of hydrogen-bond acceptors (Lipinski definition) is 4. The van der Waals surface area contributed by atoms with Crippen LogP contribution in [0.15, 0.2) is 0 Å². The van der Waals surface area contributed by atoms with Crippen LogP contribution in [0.4, 0.5) is 0 Å². The Morgan fingerprint density at radius 3 is 2.60 bits per heavy atom. The zero-order valence-electron chi connectivity index (χ0n) is 12.8. The Bertz CT molecular complexity index is 393. The fourth-order valence-electron chi connectivity index (χ4n) is 3.29. The molecule has 0 bridgehead atoms. The SMILES string of the molecule is CN1CCCC(N(C)S(=O)(=O)CCC2CCNCC2)C1. The number of hydrogen-bond donors (Lipinski definition) is 1. The molecule has 0 spiro atoms. The van der Waals surface area contributed by atoms with Crippen molar-refractivity contribution in [2.45, 2.75) is 38.1 Å². The largest absolute Gasteiger partial charge is 0.317 e. The molecule has 1 atom stereocenters. The Morgan fingerprint density at radius 2 is 1.95 bits per heavy atom. The van der Waals surface area contributed by atoms with E-state index in [1.807, 2.05) is 0 Å². The monoisotopic (exact) mass is 303 g/mol. The highest BCUT2D eigenvalue weighted by Crippen LogP contribution is 2.20. The van der Waals surface area contributed by atoms with Crippen molar-refractivity contribution >= 4 is 10.0 Å². The van der Waals surface area contributed by atoms with E-state index < -0.39 is 10.0 Å². The van der Waals surface area contributed by atoms with Gasteiger partial charge in [0, 0.05) is 19.6 Å². The number of sulfonamides is 1. The second kappa shape index (κ2) is 7.20. The number of nitrogens with one attached hydrogen (secondary N) is 1. The quantitative estimate of drug-likeness (QED) is 0.814. The van der Waals surface area contributed by atoms with Crippen molar-refractivity contribution in [3.8, 4) is 0 Å². The lowest BCUT2D eigenvalue weighted by Crippen LogP contribution is -2.48. The molecule has 2 fully saturated rings. The van der Waals surface area contributed by atoms with Crippen LogP contribution in [0.5, 0.6) is 0 Å². The molecular formula is C14H29N3O2S. The molecule has 0 amide bonds. The molecule has 6 heteroatoms. The first-order chi connectivity index (χ1) is 9.49. The topological polar surface area (TPSA) is 52.7 Å². The summed E-state index contributed by atoms with van der Waals surface area (Å²) in [6.07, 6.45) is 5.14. The fourth-order valence-corrected chi connectivity index (χ4v) is 4.84. The zero-order valence-corrected chi connectivity index (χ0v) is 13.7. The van der Waals surface area contributed by atoms with Crippen molar-refractivity contribution in [1.29, 1.82) is 0 Å². The predicted molar refractivity (Wildman–Crippen MR) is 82.3 cm³/mol. The first-order valence-corrected chi connectivity index (χ1v) is 9.45. The standard InChI is InChI=1S/C14H29N3O2S/c1-16-10-3-4-14(12-16)17(2)20(18,19)11-7-13-5-8-15-9-6-13/h13-15H,3-12H2,1-2H3. The van der Waals surface area contributed by atoms with E-state index in [-0.39, 0.29) is 6.04 Å². The van der Waals surface area contributed by atoms with E-state index in [0.717, 1.165) is 58.3 Å². The maximum atomic E-state index is 12.5. The second-order valence-corrected chi connectivity index (χ2v) is 8.52. The van der Waals surface area contributed by atoms with Crippen LogP contribution < -0.4 is 5.32 Å². The van der Waals surface area contributed by atoms with Gasteiger partial charge >= 0.3 is 0 Å². The van der Waals surface area contributed by atoms with Crippen molar-refractivity contribution < 1.29 is 8.42 Å². The van der Waals surface area contributed by atoms with Gasteiger partial charge in [0.2, 0.25) is 10.0 Å². The number of rotatable bonds is 5. The number of likely N-dealkylation sites (N-methyl/N-ethyl adjacent to an activating group) is 2. The summed E-state index contributed by atoms with van der Waals surface area (Å²) in [5, 5.41) is 3.33. The molecule has 1 unspecified atom stereocenters. The molecule has 2 aliphatic rings. The molecule has 20 heavy (non-hydrogen) atoms. The lowest BCUT2D eigenvalue weighted by molar-refractivity contribution is 0.187. The zero-order chi connectivity index (χ0) is 14.6. The van der Waals surface area contributed by atoms with Gasteiger partial charge in [-0.3, -0.25) is 0 Å². The molecule has 0 radical (unpaired) electrons. The second-order valence-electron chi connectivity index (χ2n) is 6.37. The third kappa shape index (κ3) is 4.41. The van der Waals surface area contributed by atoms with Gasteiger partial charge in [0.15, 0.2) is 0 Å². The van der Waals surface area contributed by atoms with E-state index in [1.165, 1.54) is 0 Å². The van der Waals surface area contributed by atoms with Gasteiger partial charge in [-0.05, 0) is 64.7 Å². The van der Waals surface area contributed by atoms with Gasteiger partial charge in [-0.15, -0.1) is 0 Å². The van der Waals surface area contributed by atoms with E-state index in [2.05, 4.69) is 17.3 Å². The van der Waals surface area contributed by atoms with Crippen LogP contribution in [0.25, 0.3) is 0 Å². The Kier molecular flexibility index (Phi) is 5.84. The summed E-state index contributed by atoms with van der Waals surface area (Å²) in [5.74, 6) is 0.891. The number of nitrogens with zero attached hydrogens (tertiary/aromatic N) is 2. The Hall–Kier alpha value is -0.170. The first kappa shape index (κ1) is 16.2. The maximum absolute atomic E-state index is 12.5. The van der Waals surface area contributed by atoms with Gasteiger partial charge < -0.3 is 10.2 Å². The summed E-state index contributed by atoms with van der Waals surface area (Å²) in [6, 6.07) is 0.159. The third-order valence-corrected chi connectivity index (χ3v) is 6.72. The van der Waals surface area contributed by atoms with Gasteiger partial charge in [-0.25, -0.2) is 12.7 Å². The molecule has 0 aromatic heterocycles. The molecule has 118 valence electrons. The van der Waals surface area contributed by atoms with Crippen molar-refractivity contribution in [2.75, 3.05) is 46.0 Å². The van der Waals surface area contributed by atoms with Gasteiger partial charge in [0.05, 0.1) is 5.75 Å². The van der Waals surface area contributed by atoms with Crippen LogP contribution in [0.1, 0.15) is 32.1 Å². The molecule has 0 saturated carbocycles. The minimum Gasteiger partial charge on any atom is -0.317 e. The Morgan fingerprint density at radius 1 is 1.25 bits per heavy atom. The fraction of sp³-hybridized carbons (Fsp3) is 1.00. The Labute approximate surface area is 123 Å². The average molecular weight is 303 g/mol. The lowest BCUT2D eigenvalue weighted by Gasteiger charge is -2.35. The van der Waals surface area contributed by atoms with E-state index in [1.54, 1.807) is 11.4 Å². The van der Waals surface area contributed by atoms with Gasteiger partial charge in [0.25, 0.3) is 0 Å². The van der Waals surface area contributed by atoms with Crippen LogP contribution in [-0.4, -0.2) is 69.7 Å². The van der Waals surface area contributed by atoms with E-state index >= 15 is 0 Å². The lowest BCUT2D eigenvalue weighted by atomic mass is 9.96.